The van der Waals surface area contributed by atoms with Crippen LogP contribution in [0.5, 0.6) is 0 Å². The molecular formula is C14H21ClN2O2. The molecule has 2 rings (SSSR count). The lowest BCUT2D eigenvalue weighted by Crippen LogP contribution is -2.65. The number of amides is 2. The Morgan fingerprint density at radius 3 is 2.58 bits per heavy atom. The number of piperazine rings is 1. The summed E-state index contributed by atoms with van der Waals surface area (Å²) in [5.74, 6) is 0.423. The van der Waals surface area contributed by atoms with E-state index in [0.29, 0.717) is 12.5 Å². The molecule has 2 amide bonds. The van der Waals surface area contributed by atoms with Crippen molar-refractivity contribution in [2.45, 2.75) is 45.7 Å². The highest BCUT2D eigenvalue weighted by Crippen LogP contribution is 2.35. The van der Waals surface area contributed by atoms with E-state index in [-0.39, 0.29) is 23.8 Å². The van der Waals surface area contributed by atoms with E-state index in [9.17, 15) is 9.59 Å². The molecule has 5 heteroatoms. The first-order valence-corrected chi connectivity index (χ1v) is 7.26. The molecule has 19 heavy (non-hydrogen) atoms. The lowest BCUT2D eigenvalue weighted by Gasteiger charge is -2.41. The second kappa shape index (κ2) is 5.53. The fourth-order valence-electron chi connectivity index (χ4n) is 2.65. The minimum absolute atomic E-state index is 0.0335. The number of hydrogen-bond acceptors (Lipinski definition) is 2. The normalized spacial score (nSPS) is 28.9. The van der Waals surface area contributed by atoms with Crippen LogP contribution in [0, 0.1) is 11.8 Å². The first kappa shape index (κ1) is 14.4. The summed E-state index contributed by atoms with van der Waals surface area (Å²) in [5, 5.41) is 2.90. The molecule has 0 spiro atoms. The number of carbonyl (C=O) groups is 2. The second-order valence-corrected chi connectivity index (χ2v) is 6.15. The molecule has 2 aliphatic rings. The summed E-state index contributed by atoms with van der Waals surface area (Å²) in [6.45, 7) is 6.22. The molecule has 1 N–H and O–H groups in total. The highest BCUT2D eigenvalue weighted by atomic mass is 35.5. The van der Waals surface area contributed by atoms with Crippen LogP contribution in [-0.4, -0.2) is 35.3 Å². The van der Waals surface area contributed by atoms with Gasteiger partial charge >= 0.3 is 0 Å². The van der Waals surface area contributed by atoms with Gasteiger partial charge in [-0.3, -0.25) is 9.59 Å². The van der Waals surface area contributed by atoms with Gasteiger partial charge in [-0.15, -0.1) is 0 Å². The quantitative estimate of drug-likeness (QED) is 0.857. The molecule has 0 bridgehead atoms. The van der Waals surface area contributed by atoms with Crippen LogP contribution in [-0.2, 0) is 9.59 Å². The minimum Gasteiger partial charge on any atom is -0.342 e. The molecule has 106 valence electrons. The van der Waals surface area contributed by atoms with Gasteiger partial charge in [0, 0.05) is 12.1 Å². The summed E-state index contributed by atoms with van der Waals surface area (Å²) in [6.07, 6.45) is 2.06. The van der Waals surface area contributed by atoms with Crippen molar-refractivity contribution in [3.63, 3.8) is 0 Å². The maximum absolute atomic E-state index is 12.6. The Morgan fingerprint density at radius 2 is 2.11 bits per heavy atom. The number of hydrogen-bond donors (Lipinski definition) is 1. The summed E-state index contributed by atoms with van der Waals surface area (Å²) in [5.41, 5.74) is 2.37. The van der Waals surface area contributed by atoms with Crippen LogP contribution in [0.3, 0.4) is 0 Å². The van der Waals surface area contributed by atoms with Crippen LogP contribution >= 0.6 is 11.6 Å². The first-order chi connectivity index (χ1) is 8.95. The topological polar surface area (TPSA) is 49.4 Å². The number of halogens is 1. The van der Waals surface area contributed by atoms with E-state index in [0.717, 1.165) is 18.4 Å². The Bertz CT molecular complexity index is 416. The Morgan fingerprint density at radius 1 is 1.47 bits per heavy atom. The van der Waals surface area contributed by atoms with E-state index in [1.165, 1.54) is 5.54 Å². The van der Waals surface area contributed by atoms with Gasteiger partial charge in [-0.2, -0.15) is 0 Å². The molecule has 4 nitrogen and oxygen atoms in total. The summed E-state index contributed by atoms with van der Waals surface area (Å²) in [6, 6.07) is -0.723. The maximum atomic E-state index is 12.6. The van der Waals surface area contributed by atoms with E-state index in [1.54, 1.807) is 4.90 Å². The molecule has 1 saturated heterocycles. The molecule has 0 aromatic carbocycles. The third-order valence-electron chi connectivity index (χ3n) is 3.78. The van der Waals surface area contributed by atoms with E-state index in [4.69, 9.17) is 11.6 Å². The predicted octanol–water partition coefficient (Wildman–Crippen LogP) is 1.89. The number of rotatable bonds is 4. The fourth-order valence-corrected chi connectivity index (χ4v) is 2.72. The maximum Gasteiger partial charge on any atom is 0.246 e. The number of carbonyl (C=O) groups excluding carboxylic acids is 2. The molecule has 0 aromatic heterocycles. The number of nitrogens with one attached hydrogen (secondary N) is 1. The zero-order valence-electron chi connectivity index (χ0n) is 11.6. The summed E-state index contributed by atoms with van der Waals surface area (Å²) in [7, 11) is 0. The first-order valence-electron chi connectivity index (χ1n) is 6.82. The monoisotopic (exact) mass is 284 g/mol. The van der Waals surface area contributed by atoms with Crippen molar-refractivity contribution >= 4 is 23.4 Å². The zero-order chi connectivity index (χ0) is 14.2. The van der Waals surface area contributed by atoms with Gasteiger partial charge in [0.15, 0.2) is 0 Å². The average molecular weight is 285 g/mol. The van der Waals surface area contributed by atoms with Crippen molar-refractivity contribution in [3.05, 3.63) is 11.1 Å². The Kier molecular flexibility index (Phi) is 4.19. The third-order valence-corrected chi connectivity index (χ3v) is 4.15. The van der Waals surface area contributed by atoms with Gasteiger partial charge in [-0.1, -0.05) is 25.4 Å². The van der Waals surface area contributed by atoms with Gasteiger partial charge in [-0.25, -0.2) is 0 Å². The molecule has 1 saturated carbocycles. The molecule has 1 aliphatic heterocycles. The van der Waals surface area contributed by atoms with Gasteiger partial charge in [0.1, 0.15) is 12.1 Å². The molecule has 0 aromatic rings. The molecule has 2 unspecified atom stereocenters. The van der Waals surface area contributed by atoms with Crippen LogP contribution in [0.15, 0.2) is 11.1 Å². The van der Waals surface area contributed by atoms with Gasteiger partial charge in [0.05, 0.1) is 0 Å². The summed E-state index contributed by atoms with van der Waals surface area (Å²) in [4.78, 5) is 26.5. The van der Waals surface area contributed by atoms with Crippen LogP contribution in [0.2, 0.25) is 0 Å². The SMILES string of the molecule is CC(=CCl)CN1C(=O)C(C2CC2)NC(=O)C1C(C)C. The van der Waals surface area contributed by atoms with Crippen molar-refractivity contribution in [2.75, 3.05) is 6.54 Å². The molecule has 1 heterocycles. The lowest BCUT2D eigenvalue weighted by atomic mass is 9.95. The van der Waals surface area contributed by atoms with Crippen molar-refractivity contribution < 1.29 is 9.59 Å². The van der Waals surface area contributed by atoms with Crippen LogP contribution in [0.4, 0.5) is 0 Å². The molecule has 1 aliphatic carbocycles. The molecule has 2 fully saturated rings. The van der Waals surface area contributed by atoms with Crippen LogP contribution in [0.25, 0.3) is 0 Å². The van der Waals surface area contributed by atoms with Crippen molar-refractivity contribution in [3.8, 4) is 0 Å². The van der Waals surface area contributed by atoms with Gasteiger partial charge in [0.25, 0.3) is 0 Å². The van der Waals surface area contributed by atoms with Crippen LogP contribution in [0.1, 0.15) is 33.6 Å². The van der Waals surface area contributed by atoms with Crippen molar-refractivity contribution in [1.29, 1.82) is 0 Å². The van der Waals surface area contributed by atoms with E-state index in [2.05, 4.69) is 5.32 Å². The molecule has 0 radical (unpaired) electrons. The largest absolute Gasteiger partial charge is 0.342 e. The molecular weight excluding hydrogens is 264 g/mol. The standard InChI is InChI=1S/C14H21ClN2O2/c1-8(2)12-13(18)16-11(10-4-5-10)14(19)17(12)7-9(3)6-15/h6,8,10-12H,4-5,7H2,1-3H3,(H,16,18). The van der Waals surface area contributed by atoms with Crippen molar-refractivity contribution in [2.24, 2.45) is 11.8 Å². The van der Waals surface area contributed by atoms with E-state index < -0.39 is 6.04 Å². The van der Waals surface area contributed by atoms with Gasteiger partial charge < -0.3 is 10.2 Å². The van der Waals surface area contributed by atoms with E-state index in [1.807, 2.05) is 20.8 Å². The highest BCUT2D eigenvalue weighted by molar-refractivity contribution is 6.25. The van der Waals surface area contributed by atoms with Crippen molar-refractivity contribution in [1.82, 2.24) is 10.2 Å². The fraction of sp³-hybridized carbons (Fsp3) is 0.714. The van der Waals surface area contributed by atoms with E-state index >= 15 is 0 Å². The average Bonchev–Trinajstić information content (AvgIpc) is 3.16. The Hall–Kier alpha value is -1.03. The Labute approximate surface area is 119 Å². The Balaban J connectivity index is 2.23. The van der Waals surface area contributed by atoms with Gasteiger partial charge in [0.2, 0.25) is 11.8 Å². The zero-order valence-corrected chi connectivity index (χ0v) is 12.4. The molecule has 2 atom stereocenters. The third kappa shape index (κ3) is 2.94. The number of nitrogens with zero attached hydrogens (tertiary/aromatic N) is 1. The summed E-state index contributed by atoms with van der Waals surface area (Å²) >= 11 is 5.69. The minimum atomic E-state index is -0.394. The predicted molar refractivity (Wildman–Crippen MR) is 74.6 cm³/mol. The second-order valence-electron chi connectivity index (χ2n) is 5.93. The smallest absolute Gasteiger partial charge is 0.246 e. The van der Waals surface area contributed by atoms with Gasteiger partial charge in [-0.05, 0) is 37.2 Å². The highest BCUT2D eigenvalue weighted by Gasteiger charge is 2.47. The summed E-state index contributed by atoms with van der Waals surface area (Å²) < 4.78 is 0. The van der Waals surface area contributed by atoms with Crippen LogP contribution < -0.4 is 5.32 Å². The lowest BCUT2D eigenvalue weighted by molar-refractivity contribution is -0.151.